The lowest BCUT2D eigenvalue weighted by Crippen LogP contribution is -2.50. The Morgan fingerprint density at radius 3 is 2.39 bits per heavy atom. The van der Waals surface area contributed by atoms with Crippen molar-refractivity contribution in [1.29, 1.82) is 0 Å². The van der Waals surface area contributed by atoms with E-state index in [9.17, 15) is 9.59 Å². The molecule has 0 bridgehead atoms. The van der Waals surface area contributed by atoms with Gasteiger partial charge in [0, 0.05) is 37.8 Å². The highest BCUT2D eigenvalue weighted by molar-refractivity contribution is 5.76. The Bertz CT molecular complexity index is 1150. The average Bonchev–Trinajstić information content (AvgIpc) is 2.86. The van der Waals surface area contributed by atoms with E-state index >= 15 is 0 Å². The first-order valence-electron chi connectivity index (χ1n) is 11.1. The number of aromatic nitrogens is 2. The van der Waals surface area contributed by atoms with Crippen molar-refractivity contribution in [2.45, 2.75) is 13.5 Å². The number of hydrogen-bond donors (Lipinski definition) is 0. The first kappa shape index (κ1) is 22.4. The van der Waals surface area contributed by atoms with E-state index < -0.39 is 0 Å². The number of ether oxygens (including phenoxy) is 2. The average molecular weight is 449 g/mol. The molecule has 1 aromatic heterocycles. The van der Waals surface area contributed by atoms with E-state index in [-0.39, 0.29) is 18.0 Å². The van der Waals surface area contributed by atoms with Gasteiger partial charge in [0.2, 0.25) is 5.91 Å². The topological polar surface area (TPSA) is 76.9 Å². The number of methoxy groups -OCH3 is 1. The summed E-state index contributed by atoms with van der Waals surface area (Å²) in [5.74, 6) is 1.48. The Balaban J connectivity index is 1.41. The molecule has 0 aliphatic carbocycles. The highest BCUT2D eigenvalue weighted by Gasteiger charge is 2.23. The Labute approximate surface area is 193 Å². The molecule has 1 aliphatic heterocycles. The SMILES string of the molecule is CCOc1ccc(-c2ccc(=O)n(CC(=O)N3CCN(c4ccccc4OC)CC3)n2)cc1. The van der Waals surface area contributed by atoms with Crippen LogP contribution in [0.25, 0.3) is 11.3 Å². The molecule has 0 spiro atoms. The van der Waals surface area contributed by atoms with Crippen molar-refractivity contribution in [2.75, 3.05) is 44.8 Å². The fourth-order valence-corrected chi connectivity index (χ4v) is 3.92. The van der Waals surface area contributed by atoms with Gasteiger partial charge in [-0.3, -0.25) is 9.59 Å². The smallest absolute Gasteiger partial charge is 0.267 e. The van der Waals surface area contributed by atoms with Gasteiger partial charge < -0.3 is 19.3 Å². The van der Waals surface area contributed by atoms with Crippen molar-refractivity contribution in [3.8, 4) is 22.8 Å². The monoisotopic (exact) mass is 448 g/mol. The summed E-state index contributed by atoms with van der Waals surface area (Å²) in [6.45, 7) is 4.98. The summed E-state index contributed by atoms with van der Waals surface area (Å²) < 4.78 is 12.2. The second kappa shape index (κ2) is 10.2. The molecule has 0 saturated carbocycles. The summed E-state index contributed by atoms with van der Waals surface area (Å²) in [4.78, 5) is 29.3. The number of rotatable bonds is 7. The molecule has 2 aromatic carbocycles. The summed E-state index contributed by atoms with van der Waals surface area (Å²) in [7, 11) is 1.66. The highest BCUT2D eigenvalue weighted by Crippen LogP contribution is 2.28. The largest absolute Gasteiger partial charge is 0.495 e. The van der Waals surface area contributed by atoms with Gasteiger partial charge in [-0.1, -0.05) is 12.1 Å². The molecule has 1 fully saturated rings. The minimum atomic E-state index is -0.300. The van der Waals surface area contributed by atoms with Gasteiger partial charge in [0.25, 0.3) is 5.56 Å². The number of hydrogen-bond acceptors (Lipinski definition) is 6. The minimum absolute atomic E-state index is 0.0850. The second-order valence-corrected chi connectivity index (χ2v) is 7.71. The molecule has 2 heterocycles. The molecule has 1 amide bonds. The summed E-state index contributed by atoms with van der Waals surface area (Å²) in [6.07, 6.45) is 0. The summed E-state index contributed by atoms with van der Waals surface area (Å²) in [5.41, 5.74) is 2.20. The quantitative estimate of drug-likeness (QED) is 0.553. The molecule has 33 heavy (non-hydrogen) atoms. The van der Waals surface area contributed by atoms with Crippen LogP contribution < -0.4 is 19.9 Å². The van der Waals surface area contributed by atoms with Gasteiger partial charge in [-0.15, -0.1) is 0 Å². The van der Waals surface area contributed by atoms with Crippen LogP contribution in [0.15, 0.2) is 65.5 Å². The normalized spacial score (nSPS) is 13.6. The van der Waals surface area contributed by atoms with E-state index in [1.807, 2.05) is 55.5 Å². The van der Waals surface area contributed by atoms with Crippen molar-refractivity contribution < 1.29 is 14.3 Å². The minimum Gasteiger partial charge on any atom is -0.495 e. The van der Waals surface area contributed by atoms with Crippen LogP contribution in [0.2, 0.25) is 0 Å². The molecule has 8 heteroatoms. The fraction of sp³-hybridized carbons (Fsp3) is 0.320. The summed E-state index contributed by atoms with van der Waals surface area (Å²) in [5, 5.41) is 4.43. The van der Waals surface area contributed by atoms with E-state index in [1.54, 1.807) is 18.1 Å². The van der Waals surface area contributed by atoms with Crippen molar-refractivity contribution in [1.82, 2.24) is 14.7 Å². The van der Waals surface area contributed by atoms with Crippen LogP contribution in [-0.4, -0.2) is 60.5 Å². The summed E-state index contributed by atoms with van der Waals surface area (Å²) in [6, 6.07) is 18.5. The lowest BCUT2D eigenvalue weighted by molar-refractivity contribution is -0.132. The lowest BCUT2D eigenvalue weighted by Gasteiger charge is -2.36. The van der Waals surface area contributed by atoms with Crippen molar-refractivity contribution >= 4 is 11.6 Å². The first-order chi connectivity index (χ1) is 16.1. The van der Waals surface area contributed by atoms with Crippen LogP contribution in [-0.2, 0) is 11.3 Å². The number of benzene rings is 2. The molecule has 4 rings (SSSR count). The van der Waals surface area contributed by atoms with E-state index in [2.05, 4.69) is 10.00 Å². The second-order valence-electron chi connectivity index (χ2n) is 7.71. The summed E-state index contributed by atoms with van der Waals surface area (Å²) >= 11 is 0. The zero-order valence-electron chi connectivity index (χ0n) is 18.9. The first-order valence-corrected chi connectivity index (χ1v) is 11.1. The number of amides is 1. The van der Waals surface area contributed by atoms with Crippen LogP contribution in [0.1, 0.15) is 6.92 Å². The standard InChI is InChI=1S/C25H28N4O4/c1-3-33-20-10-8-19(9-11-20)21-12-13-24(30)29(26-21)18-25(31)28-16-14-27(15-17-28)22-6-4-5-7-23(22)32-2/h4-13H,3,14-18H2,1-2H3. The van der Waals surface area contributed by atoms with Crippen molar-refractivity contribution in [3.63, 3.8) is 0 Å². The van der Waals surface area contributed by atoms with Crippen LogP contribution in [0.5, 0.6) is 11.5 Å². The maximum Gasteiger partial charge on any atom is 0.267 e. The zero-order valence-corrected chi connectivity index (χ0v) is 18.9. The molecule has 1 aliphatic rings. The maximum absolute atomic E-state index is 12.9. The molecule has 3 aromatic rings. The Hall–Kier alpha value is -3.81. The molecule has 1 saturated heterocycles. The molecule has 0 unspecified atom stereocenters. The number of piperazine rings is 1. The third kappa shape index (κ3) is 5.16. The number of carbonyl (C=O) groups is 1. The third-order valence-corrected chi connectivity index (χ3v) is 5.67. The molecule has 0 atom stereocenters. The number of carbonyl (C=O) groups excluding carboxylic acids is 1. The maximum atomic E-state index is 12.9. The molecule has 8 nitrogen and oxygen atoms in total. The van der Waals surface area contributed by atoms with Crippen LogP contribution in [0, 0.1) is 0 Å². The van der Waals surface area contributed by atoms with E-state index in [0.717, 1.165) is 22.7 Å². The van der Waals surface area contributed by atoms with Gasteiger partial charge in [0.05, 0.1) is 25.1 Å². The Morgan fingerprint density at radius 1 is 0.970 bits per heavy atom. The Morgan fingerprint density at radius 2 is 1.70 bits per heavy atom. The van der Waals surface area contributed by atoms with Crippen molar-refractivity contribution in [3.05, 3.63) is 71.0 Å². The third-order valence-electron chi connectivity index (χ3n) is 5.67. The number of anilines is 1. The van der Waals surface area contributed by atoms with Gasteiger partial charge in [0.15, 0.2) is 0 Å². The van der Waals surface area contributed by atoms with E-state index in [4.69, 9.17) is 9.47 Å². The molecule has 0 radical (unpaired) electrons. The van der Waals surface area contributed by atoms with Crippen molar-refractivity contribution in [2.24, 2.45) is 0 Å². The van der Waals surface area contributed by atoms with Gasteiger partial charge in [0.1, 0.15) is 18.0 Å². The lowest BCUT2D eigenvalue weighted by atomic mass is 10.1. The molecule has 172 valence electrons. The van der Waals surface area contributed by atoms with E-state index in [1.165, 1.54) is 10.7 Å². The van der Waals surface area contributed by atoms with Gasteiger partial charge in [-0.2, -0.15) is 5.10 Å². The fourth-order valence-electron chi connectivity index (χ4n) is 3.92. The van der Waals surface area contributed by atoms with Crippen LogP contribution >= 0.6 is 0 Å². The Kier molecular flexibility index (Phi) is 6.92. The van der Waals surface area contributed by atoms with Crippen LogP contribution in [0.3, 0.4) is 0 Å². The van der Waals surface area contributed by atoms with Gasteiger partial charge in [-0.05, 0) is 49.4 Å². The predicted octanol–water partition coefficient (Wildman–Crippen LogP) is 2.67. The van der Waals surface area contributed by atoms with E-state index in [0.29, 0.717) is 38.5 Å². The molecular weight excluding hydrogens is 420 g/mol. The zero-order chi connectivity index (χ0) is 23.2. The van der Waals surface area contributed by atoms with Crippen LogP contribution in [0.4, 0.5) is 5.69 Å². The van der Waals surface area contributed by atoms with Gasteiger partial charge >= 0.3 is 0 Å². The molecule has 0 N–H and O–H groups in total. The molecular formula is C25H28N4O4. The van der Waals surface area contributed by atoms with Gasteiger partial charge in [-0.25, -0.2) is 4.68 Å². The number of para-hydroxylation sites is 2. The number of nitrogens with zero attached hydrogens (tertiary/aromatic N) is 4. The highest BCUT2D eigenvalue weighted by atomic mass is 16.5. The predicted molar refractivity (Wildman–Crippen MR) is 127 cm³/mol.